The molecule has 0 radical (unpaired) electrons. The van der Waals surface area contributed by atoms with Crippen molar-refractivity contribution in [2.75, 3.05) is 0 Å². The molecule has 0 saturated carbocycles. The molecule has 0 aliphatic carbocycles. The second-order valence-corrected chi connectivity index (χ2v) is 2.46. The fraction of sp³-hybridized carbons (Fsp3) is 0.286. The molecular formula is C7H8N4. The number of aromatic nitrogens is 4. The van der Waals surface area contributed by atoms with Gasteiger partial charge < -0.3 is 0 Å². The Kier molecular flexibility index (Phi) is 1.15. The van der Waals surface area contributed by atoms with Crippen LogP contribution >= 0.6 is 0 Å². The zero-order valence-electron chi connectivity index (χ0n) is 6.44. The van der Waals surface area contributed by atoms with E-state index in [0.29, 0.717) is 0 Å². The molecule has 0 amide bonds. The van der Waals surface area contributed by atoms with Crippen molar-refractivity contribution < 1.29 is 0 Å². The summed E-state index contributed by atoms with van der Waals surface area (Å²) in [5.74, 6) is 0.783. The fourth-order valence-electron chi connectivity index (χ4n) is 1.03. The Bertz CT molecular complexity index is 390. The summed E-state index contributed by atoms with van der Waals surface area (Å²) in [6.07, 6.45) is 3.52. The van der Waals surface area contributed by atoms with Gasteiger partial charge in [0.2, 0.25) is 0 Å². The van der Waals surface area contributed by atoms with E-state index in [4.69, 9.17) is 0 Å². The maximum atomic E-state index is 4.20. The molecule has 0 bridgehead atoms. The number of rotatable bonds is 0. The molecule has 4 heteroatoms. The summed E-state index contributed by atoms with van der Waals surface area (Å²) in [6.45, 7) is 1.87. The van der Waals surface area contributed by atoms with E-state index < -0.39 is 0 Å². The average Bonchev–Trinajstić information content (AvgIpc) is 2.32. The second kappa shape index (κ2) is 2.02. The topological polar surface area (TPSA) is 43.6 Å². The fourth-order valence-corrected chi connectivity index (χ4v) is 1.03. The molecule has 2 rings (SSSR count). The standard InChI is InChI=1S/C7H8N4/c1-5-8-4-7-6(10-5)3-9-11(7)2/h3-4H,1-2H3. The molecule has 0 aromatic carbocycles. The molecule has 4 nitrogen and oxygen atoms in total. The maximum absolute atomic E-state index is 4.20. The van der Waals surface area contributed by atoms with Crippen LogP contribution in [-0.2, 0) is 7.05 Å². The zero-order valence-corrected chi connectivity index (χ0v) is 6.44. The summed E-state index contributed by atoms with van der Waals surface area (Å²) >= 11 is 0. The lowest BCUT2D eigenvalue weighted by Gasteiger charge is -1.92. The largest absolute Gasteiger partial charge is 0.265 e. The molecular weight excluding hydrogens is 140 g/mol. The molecule has 11 heavy (non-hydrogen) atoms. The maximum Gasteiger partial charge on any atom is 0.126 e. The monoisotopic (exact) mass is 148 g/mol. The van der Waals surface area contributed by atoms with E-state index in [1.807, 2.05) is 14.0 Å². The summed E-state index contributed by atoms with van der Waals surface area (Å²) in [6, 6.07) is 0. The third-order valence-electron chi connectivity index (χ3n) is 1.62. The lowest BCUT2D eigenvalue weighted by Crippen LogP contribution is -1.91. The van der Waals surface area contributed by atoms with Crippen molar-refractivity contribution in [3.63, 3.8) is 0 Å². The van der Waals surface area contributed by atoms with Crippen LogP contribution in [0.1, 0.15) is 5.82 Å². The van der Waals surface area contributed by atoms with Gasteiger partial charge in [0, 0.05) is 7.05 Å². The first-order chi connectivity index (χ1) is 5.27. The van der Waals surface area contributed by atoms with Crippen LogP contribution in [0.3, 0.4) is 0 Å². The van der Waals surface area contributed by atoms with Gasteiger partial charge in [-0.05, 0) is 6.92 Å². The van der Waals surface area contributed by atoms with E-state index in [1.54, 1.807) is 17.1 Å². The Hall–Kier alpha value is -1.45. The van der Waals surface area contributed by atoms with E-state index in [1.165, 1.54) is 0 Å². The van der Waals surface area contributed by atoms with Crippen LogP contribution < -0.4 is 0 Å². The Morgan fingerprint density at radius 1 is 1.36 bits per heavy atom. The number of fused-ring (bicyclic) bond motifs is 1. The highest BCUT2D eigenvalue weighted by molar-refractivity contribution is 5.72. The summed E-state index contributed by atoms with van der Waals surface area (Å²) in [5, 5.41) is 4.05. The van der Waals surface area contributed by atoms with Crippen LogP contribution in [0.5, 0.6) is 0 Å². The van der Waals surface area contributed by atoms with Crippen LogP contribution in [0.2, 0.25) is 0 Å². The minimum Gasteiger partial charge on any atom is -0.265 e. The van der Waals surface area contributed by atoms with E-state index >= 15 is 0 Å². The van der Waals surface area contributed by atoms with Crippen molar-refractivity contribution in [3.8, 4) is 0 Å². The second-order valence-electron chi connectivity index (χ2n) is 2.46. The third kappa shape index (κ3) is 0.869. The smallest absolute Gasteiger partial charge is 0.126 e. The van der Waals surface area contributed by atoms with Gasteiger partial charge in [-0.2, -0.15) is 5.10 Å². The molecule has 0 aliphatic rings. The van der Waals surface area contributed by atoms with Crippen molar-refractivity contribution in [1.82, 2.24) is 19.7 Å². The van der Waals surface area contributed by atoms with E-state index in [0.717, 1.165) is 16.9 Å². The van der Waals surface area contributed by atoms with Crippen molar-refractivity contribution in [1.29, 1.82) is 0 Å². The quantitative estimate of drug-likeness (QED) is 0.551. The van der Waals surface area contributed by atoms with Gasteiger partial charge in [-0.3, -0.25) is 4.68 Å². The molecule has 0 saturated heterocycles. The molecule has 2 heterocycles. The highest BCUT2D eigenvalue weighted by Crippen LogP contribution is 2.07. The van der Waals surface area contributed by atoms with Gasteiger partial charge >= 0.3 is 0 Å². The highest BCUT2D eigenvalue weighted by Gasteiger charge is 1.99. The molecule has 0 atom stereocenters. The normalized spacial score (nSPS) is 10.7. The average molecular weight is 148 g/mol. The third-order valence-corrected chi connectivity index (χ3v) is 1.62. The number of hydrogen-bond acceptors (Lipinski definition) is 3. The molecule has 0 fully saturated rings. The molecule has 56 valence electrons. The summed E-state index contributed by atoms with van der Waals surface area (Å²) in [5.41, 5.74) is 1.87. The number of nitrogens with zero attached hydrogens (tertiary/aromatic N) is 4. The minimum absolute atomic E-state index is 0.783. The molecule has 0 aliphatic heterocycles. The van der Waals surface area contributed by atoms with Crippen LogP contribution in [-0.4, -0.2) is 19.7 Å². The zero-order chi connectivity index (χ0) is 7.84. The summed E-state index contributed by atoms with van der Waals surface area (Å²) in [4.78, 5) is 8.27. The molecule has 0 N–H and O–H groups in total. The van der Waals surface area contributed by atoms with Crippen LogP contribution in [0.15, 0.2) is 12.4 Å². The first-order valence-electron chi connectivity index (χ1n) is 3.39. The predicted octanol–water partition coefficient (Wildman–Crippen LogP) is 0.672. The number of hydrogen-bond donors (Lipinski definition) is 0. The molecule has 2 aromatic heterocycles. The van der Waals surface area contributed by atoms with E-state index in [9.17, 15) is 0 Å². The Balaban J connectivity index is 2.86. The van der Waals surface area contributed by atoms with Crippen molar-refractivity contribution >= 4 is 11.0 Å². The van der Waals surface area contributed by atoms with Gasteiger partial charge in [-0.15, -0.1) is 0 Å². The van der Waals surface area contributed by atoms with Gasteiger partial charge in [-0.25, -0.2) is 9.97 Å². The van der Waals surface area contributed by atoms with Crippen molar-refractivity contribution in [2.45, 2.75) is 6.92 Å². The van der Waals surface area contributed by atoms with Gasteiger partial charge in [0.1, 0.15) is 16.9 Å². The minimum atomic E-state index is 0.783. The van der Waals surface area contributed by atoms with Gasteiger partial charge in [0.05, 0.1) is 12.4 Å². The molecule has 0 unspecified atom stereocenters. The lowest BCUT2D eigenvalue weighted by atomic mass is 10.4. The lowest BCUT2D eigenvalue weighted by molar-refractivity contribution is 0.795. The first kappa shape index (κ1) is 6.27. The Labute approximate surface area is 63.9 Å². The molecule has 2 aromatic rings. The van der Waals surface area contributed by atoms with Crippen LogP contribution in [0, 0.1) is 6.92 Å². The Morgan fingerprint density at radius 3 is 3.00 bits per heavy atom. The Morgan fingerprint density at radius 2 is 2.18 bits per heavy atom. The molecule has 0 spiro atoms. The van der Waals surface area contributed by atoms with Gasteiger partial charge in [-0.1, -0.05) is 0 Å². The van der Waals surface area contributed by atoms with Crippen LogP contribution in [0.25, 0.3) is 11.0 Å². The SMILES string of the molecule is Cc1ncc2c(cnn2C)n1. The van der Waals surface area contributed by atoms with E-state index in [2.05, 4.69) is 15.1 Å². The number of aryl methyl sites for hydroxylation is 2. The summed E-state index contributed by atoms with van der Waals surface area (Å²) < 4.78 is 1.76. The van der Waals surface area contributed by atoms with Crippen molar-refractivity contribution in [2.24, 2.45) is 7.05 Å². The highest BCUT2D eigenvalue weighted by atomic mass is 15.3. The predicted molar refractivity (Wildman–Crippen MR) is 41.0 cm³/mol. The summed E-state index contributed by atoms with van der Waals surface area (Å²) in [7, 11) is 1.88. The first-order valence-corrected chi connectivity index (χ1v) is 3.39. The van der Waals surface area contributed by atoms with E-state index in [-0.39, 0.29) is 0 Å². The van der Waals surface area contributed by atoms with Crippen molar-refractivity contribution in [3.05, 3.63) is 18.2 Å². The van der Waals surface area contributed by atoms with Gasteiger partial charge in [0.25, 0.3) is 0 Å². The van der Waals surface area contributed by atoms with Crippen LogP contribution in [0.4, 0.5) is 0 Å². The van der Waals surface area contributed by atoms with Gasteiger partial charge in [0.15, 0.2) is 0 Å².